The Morgan fingerprint density at radius 2 is 1.96 bits per heavy atom. The molecule has 24 heavy (non-hydrogen) atoms. The minimum Gasteiger partial charge on any atom is -0.381 e. The summed E-state index contributed by atoms with van der Waals surface area (Å²) >= 11 is 0. The molecule has 0 spiro atoms. The fraction of sp³-hybridized carbons (Fsp3) is 0.474. The molecule has 0 saturated carbocycles. The zero-order valence-corrected chi connectivity index (χ0v) is 14.4. The van der Waals surface area contributed by atoms with Crippen molar-refractivity contribution in [1.82, 2.24) is 15.1 Å². The zero-order valence-electron chi connectivity index (χ0n) is 14.4. The minimum atomic E-state index is -0.478. The second-order valence-electron chi connectivity index (χ2n) is 6.47. The summed E-state index contributed by atoms with van der Waals surface area (Å²) in [6.07, 6.45) is 1.45. The Labute approximate surface area is 143 Å². The highest BCUT2D eigenvalue weighted by atomic mass is 16.5. The third-order valence-electron chi connectivity index (χ3n) is 4.82. The van der Waals surface area contributed by atoms with Gasteiger partial charge in [0.1, 0.15) is 0 Å². The van der Waals surface area contributed by atoms with E-state index in [1.807, 2.05) is 54.9 Å². The molecule has 2 aromatic rings. The van der Waals surface area contributed by atoms with Gasteiger partial charge in [-0.1, -0.05) is 30.3 Å². The van der Waals surface area contributed by atoms with Crippen molar-refractivity contribution in [2.24, 2.45) is 0 Å². The first-order chi connectivity index (χ1) is 11.6. The summed E-state index contributed by atoms with van der Waals surface area (Å²) in [7, 11) is 0. The number of nitrogens with zero attached hydrogens (tertiary/aromatic N) is 2. The summed E-state index contributed by atoms with van der Waals surface area (Å²) in [6, 6.07) is 12.1. The van der Waals surface area contributed by atoms with Crippen LogP contribution < -0.4 is 5.32 Å². The number of hydrogen-bond acceptors (Lipinski definition) is 3. The molecule has 0 atom stereocenters. The second-order valence-corrected chi connectivity index (χ2v) is 6.47. The van der Waals surface area contributed by atoms with Gasteiger partial charge in [0.25, 0.3) is 0 Å². The van der Waals surface area contributed by atoms with E-state index in [1.165, 1.54) is 0 Å². The van der Waals surface area contributed by atoms with Crippen LogP contribution in [0, 0.1) is 13.8 Å². The van der Waals surface area contributed by atoms with E-state index in [1.54, 1.807) is 0 Å². The molecule has 0 bridgehead atoms. The molecule has 3 rings (SSSR count). The van der Waals surface area contributed by atoms with Gasteiger partial charge in [0, 0.05) is 25.5 Å². The summed E-state index contributed by atoms with van der Waals surface area (Å²) in [4.78, 5) is 13.0. The molecule has 0 unspecified atom stereocenters. The van der Waals surface area contributed by atoms with Crippen molar-refractivity contribution in [3.63, 3.8) is 0 Å². The first kappa shape index (κ1) is 16.7. The molecule has 0 aliphatic carbocycles. The summed E-state index contributed by atoms with van der Waals surface area (Å²) in [6.45, 7) is 6.53. The van der Waals surface area contributed by atoms with Crippen LogP contribution in [0.2, 0.25) is 0 Å². The largest absolute Gasteiger partial charge is 0.381 e. The number of amides is 1. The average molecular weight is 327 g/mol. The lowest BCUT2D eigenvalue weighted by Crippen LogP contribution is -2.48. The predicted molar refractivity (Wildman–Crippen MR) is 92.9 cm³/mol. The predicted octanol–water partition coefficient (Wildman–Crippen LogP) is 2.36. The molecule has 5 nitrogen and oxygen atoms in total. The molecule has 1 aliphatic heterocycles. The Kier molecular flexibility index (Phi) is 5.00. The van der Waals surface area contributed by atoms with Crippen molar-refractivity contribution in [2.75, 3.05) is 19.8 Å². The third-order valence-corrected chi connectivity index (χ3v) is 4.82. The zero-order chi connectivity index (χ0) is 17.0. The van der Waals surface area contributed by atoms with Crippen LogP contribution in [-0.2, 0) is 21.5 Å². The Balaban J connectivity index is 1.69. The first-order valence-corrected chi connectivity index (χ1v) is 8.54. The monoisotopic (exact) mass is 327 g/mol. The molecule has 128 valence electrons. The van der Waals surface area contributed by atoms with Crippen LogP contribution in [0.5, 0.6) is 0 Å². The molecule has 1 saturated heterocycles. The second kappa shape index (κ2) is 7.18. The van der Waals surface area contributed by atoms with E-state index in [0.29, 0.717) is 26.3 Å². The van der Waals surface area contributed by atoms with E-state index in [2.05, 4.69) is 10.4 Å². The maximum Gasteiger partial charge on any atom is 0.230 e. The Morgan fingerprint density at radius 3 is 2.58 bits per heavy atom. The van der Waals surface area contributed by atoms with Gasteiger partial charge < -0.3 is 10.1 Å². The quantitative estimate of drug-likeness (QED) is 0.917. The molecule has 1 aromatic heterocycles. The number of hydrogen-bond donors (Lipinski definition) is 1. The number of carbonyl (C=O) groups excluding carboxylic acids is 1. The highest BCUT2D eigenvalue weighted by Crippen LogP contribution is 2.35. The van der Waals surface area contributed by atoms with E-state index in [9.17, 15) is 4.79 Å². The van der Waals surface area contributed by atoms with E-state index in [0.717, 1.165) is 29.8 Å². The standard InChI is InChI=1S/C19H25N3O2/c1-15-14-16(2)22(21-15)11-10-20-18(23)19(8-12-24-13-9-19)17-6-4-3-5-7-17/h3-7,14H,8-13H2,1-2H3,(H,20,23). The van der Waals surface area contributed by atoms with Crippen LogP contribution >= 0.6 is 0 Å². The summed E-state index contributed by atoms with van der Waals surface area (Å²) in [5, 5.41) is 7.56. The lowest BCUT2D eigenvalue weighted by Gasteiger charge is -2.36. The maximum absolute atomic E-state index is 13.0. The van der Waals surface area contributed by atoms with E-state index in [4.69, 9.17) is 4.74 Å². The van der Waals surface area contributed by atoms with Crippen molar-refractivity contribution in [1.29, 1.82) is 0 Å². The van der Waals surface area contributed by atoms with Gasteiger partial charge in [-0.25, -0.2) is 0 Å². The summed E-state index contributed by atoms with van der Waals surface area (Å²) < 4.78 is 7.43. The van der Waals surface area contributed by atoms with E-state index in [-0.39, 0.29) is 5.91 Å². The maximum atomic E-state index is 13.0. The van der Waals surface area contributed by atoms with Crippen LogP contribution in [0.25, 0.3) is 0 Å². The molecule has 5 heteroatoms. The van der Waals surface area contributed by atoms with Gasteiger partial charge >= 0.3 is 0 Å². The van der Waals surface area contributed by atoms with Gasteiger partial charge in [0.05, 0.1) is 17.7 Å². The Hall–Kier alpha value is -2.14. The van der Waals surface area contributed by atoms with Crippen LogP contribution in [0.1, 0.15) is 29.8 Å². The van der Waals surface area contributed by atoms with Gasteiger partial charge in [-0.05, 0) is 38.3 Å². The lowest BCUT2D eigenvalue weighted by molar-refractivity contribution is -0.130. The smallest absolute Gasteiger partial charge is 0.230 e. The normalized spacial score (nSPS) is 16.8. The van der Waals surface area contributed by atoms with Crippen molar-refractivity contribution < 1.29 is 9.53 Å². The van der Waals surface area contributed by atoms with Crippen LogP contribution in [0.15, 0.2) is 36.4 Å². The van der Waals surface area contributed by atoms with Gasteiger partial charge in [-0.15, -0.1) is 0 Å². The van der Waals surface area contributed by atoms with E-state index < -0.39 is 5.41 Å². The third kappa shape index (κ3) is 3.36. The average Bonchev–Trinajstić information content (AvgIpc) is 2.93. The van der Waals surface area contributed by atoms with Gasteiger partial charge in [-0.2, -0.15) is 5.10 Å². The fourth-order valence-corrected chi connectivity index (χ4v) is 3.47. The molecular weight excluding hydrogens is 302 g/mol. The SMILES string of the molecule is Cc1cc(C)n(CCNC(=O)C2(c3ccccc3)CCOCC2)n1. The van der Waals surface area contributed by atoms with Crippen molar-refractivity contribution >= 4 is 5.91 Å². The first-order valence-electron chi connectivity index (χ1n) is 8.54. The Bertz CT molecular complexity index is 688. The highest BCUT2D eigenvalue weighted by molar-refractivity contribution is 5.88. The molecule has 1 aromatic carbocycles. The molecule has 1 aliphatic rings. The van der Waals surface area contributed by atoms with Crippen LogP contribution in [-0.4, -0.2) is 35.4 Å². The topological polar surface area (TPSA) is 56.2 Å². The summed E-state index contributed by atoms with van der Waals surface area (Å²) in [5.41, 5.74) is 2.72. The van der Waals surface area contributed by atoms with Crippen LogP contribution in [0.3, 0.4) is 0 Å². The molecule has 1 amide bonds. The van der Waals surface area contributed by atoms with Gasteiger partial charge in [-0.3, -0.25) is 9.48 Å². The van der Waals surface area contributed by atoms with Crippen LogP contribution in [0.4, 0.5) is 0 Å². The number of rotatable bonds is 5. The summed E-state index contributed by atoms with van der Waals surface area (Å²) in [5.74, 6) is 0.0959. The Morgan fingerprint density at radius 1 is 1.25 bits per heavy atom. The van der Waals surface area contributed by atoms with Gasteiger partial charge in [0.2, 0.25) is 5.91 Å². The number of aryl methyl sites for hydroxylation is 2. The number of carbonyl (C=O) groups is 1. The van der Waals surface area contributed by atoms with Crippen molar-refractivity contribution in [3.8, 4) is 0 Å². The lowest BCUT2D eigenvalue weighted by atomic mass is 9.73. The van der Waals surface area contributed by atoms with Crippen molar-refractivity contribution in [3.05, 3.63) is 53.3 Å². The molecule has 1 N–H and O–H groups in total. The molecule has 1 fully saturated rings. The number of aromatic nitrogens is 2. The molecular formula is C19H25N3O2. The fourth-order valence-electron chi connectivity index (χ4n) is 3.47. The highest BCUT2D eigenvalue weighted by Gasteiger charge is 2.41. The molecule has 0 radical (unpaired) electrons. The van der Waals surface area contributed by atoms with Gasteiger partial charge in [0.15, 0.2) is 0 Å². The van der Waals surface area contributed by atoms with Crippen molar-refractivity contribution in [2.45, 2.75) is 38.6 Å². The van der Waals surface area contributed by atoms with E-state index >= 15 is 0 Å². The number of nitrogens with one attached hydrogen (secondary N) is 1. The number of ether oxygens (including phenoxy) is 1. The molecule has 2 heterocycles. The minimum absolute atomic E-state index is 0.0959. The number of benzene rings is 1.